The Labute approximate surface area is 103 Å². The predicted molar refractivity (Wildman–Crippen MR) is 69.9 cm³/mol. The van der Waals surface area contributed by atoms with Crippen LogP contribution >= 0.6 is 0 Å². The van der Waals surface area contributed by atoms with Gasteiger partial charge in [-0.25, -0.2) is 4.98 Å². The van der Waals surface area contributed by atoms with Crippen LogP contribution < -0.4 is 11.3 Å². The van der Waals surface area contributed by atoms with Gasteiger partial charge < -0.3 is 5.73 Å². The molecule has 0 aliphatic rings. The van der Waals surface area contributed by atoms with E-state index in [9.17, 15) is 4.79 Å². The zero-order valence-corrected chi connectivity index (χ0v) is 11.1. The van der Waals surface area contributed by atoms with E-state index in [-0.39, 0.29) is 11.0 Å². The molecule has 0 saturated heterocycles. The summed E-state index contributed by atoms with van der Waals surface area (Å²) in [5, 5.41) is 0. The van der Waals surface area contributed by atoms with Crippen molar-refractivity contribution in [3.05, 3.63) is 28.4 Å². The molecule has 17 heavy (non-hydrogen) atoms. The summed E-state index contributed by atoms with van der Waals surface area (Å²) in [4.78, 5) is 15.7. The molecule has 1 heterocycles. The third kappa shape index (κ3) is 4.69. The Hall–Kier alpha value is -1.16. The standard InChI is InChI=1S/C13H23N3O/c1-11-8-12(17)16(10-15-11)7-5-4-6-13(2,3)9-14/h8,10H,4-7,9,14H2,1-3H3. The highest BCUT2D eigenvalue weighted by molar-refractivity contribution is 4.95. The summed E-state index contributed by atoms with van der Waals surface area (Å²) in [6, 6.07) is 1.57. The Kier molecular flexibility index (Phi) is 4.87. The van der Waals surface area contributed by atoms with E-state index < -0.39 is 0 Å². The number of nitrogens with zero attached hydrogens (tertiary/aromatic N) is 2. The van der Waals surface area contributed by atoms with Gasteiger partial charge in [-0.15, -0.1) is 0 Å². The van der Waals surface area contributed by atoms with Gasteiger partial charge in [0, 0.05) is 18.3 Å². The molecule has 0 aromatic carbocycles. The number of nitrogens with two attached hydrogens (primary N) is 1. The van der Waals surface area contributed by atoms with E-state index >= 15 is 0 Å². The molecule has 0 amide bonds. The molecule has 1 rings (SSSR count). The fourth-order valence-electron chi connectivity index (χ4n) is 1.67. The molecule has 0 unspecified atom stereocenters. The van der Waals surface area contributed by atoms with Crippen LogP contribution in [0.1, 0.15) is 38.8 Å². The van der Waals surface area contributed by atoms with Gasteiger partial charge >= 0.3 is 0 Å². The SMILES string of the molecule is Cc1cc(=O)n(CCCCC(C)(C)CN)cn1. The van der Waals surface area contributed by atoms with Crippen LogP contribution in [0.5, 0.6) is 0 Å². The lowest BCUT2D eigenvalue weighted by atomic mass is 9.87. The predicted octanol–water partition coefficient (Wildman–Crippen LogP) is 1.71. The third-order valence-corrected chi connectivity index (χ3v) is 3.07. The van der Waals surface area contributed by atoms with E-state index in [2.05, 4.69) is 18.8 Å². The number of unbranched alkanes of at least 4 members (excludes halogenated alkanes) is 1. The Bertz CT molecular complexity index is 409. The third-order valence-electron chi connectivity index (χ3n) is 3.07. The Morgan fingerprint density at radius 2 is 2.12 bits per heavy atom. The molecule has 0 spiro atoms. The minimum atomic E-state index is 0.0376. The molecule has 0 aliphatic carbocycles. The molecule has 0 fully saturated rings. The van der Waals surface area contributed by atoms with Gasteiger partial charge in [0.2, 0.25) is 0 Å². The maximum Gasteiger partial charge on any atom is 0.253 e. The molecular formula is C13H23N3O. The average Bonchev–Trinajstić information content (AvgIpc) is 2.27. The Morgan fingerprint density at radius 1 is 1.41 bits per heavy atom. The van der Waals surface area contributed by atoms with Crippen molar-refractivity contribution in [1.82, 2.24) is 9.55 Å². The highest BCUT2D eigenvalue weighted by Crippen LogP contribution is 2.21. The fourth-order valence-corrected chi connectivity index (χ4v) is 1.67. The van der Waals surface area contributed by atoms with Crippen molar-refractivity contribution >= 4 is 0 Å². The maximum atomic E-state index is 11.6. The van der Waals surface area contributed by atoms with Gasteiger partial charge in [0.25, 0.3) is 5.56 Å². The van der Waals surface area contributed by atoms with Crippen molar-refractivity contribution in [3.63, 3.8) is 0 Å². The molecule has 2 N–H and O–H groups in total. The van der Waals surface area contributed by atoms with Crippen molar-refractivity contribution in [2.24, 2.45) is 11.1 Å². The van der Waals surface area contributed by atoms with Crippen LogP contribution in [0.15, 0.2) is 17.2 Å². The van der Waals surface area contributed by atoms with E-state index in [1.54, 1.807) is 17.0 Å². The number of rotatable bonds is 6. The van der Waals surface area contributed by atoms with Crippen molar-refractivity contribution in [2.75, 3.05) is 6.54 Å². The smallest absolute Gasteiger partial charge is 0.253 e. The van der Waals surface area contributed by atoms with Crippen LogP contribution in [0, 0.1) is 12.3 Å². The number of aromatic nitrogens is 2. The van der Waals surface area contributed by atoms with E-state index in [0.717, 1.165) is 31.5 Å². The summed E-state index contributed by atoms with van der Waals surface area (Å²) in [5.74, 6) is 0. The second kappa shape index (κ2) is 5.96. The first kappa shape index (κ1) is 13.9. The molecule has 1 aromatic heterocycles. The first-order valence-electron chi connectivity index (χ1n) is 6.18. The van der Waals surface area contributed by atoms with Gasteiger partial charge in [-0.05, 0) is 31.7 Å². The van der Waals surface area contributed by atoms with Gasteiger partial charge in [0.1, 0.15) is 0 Å². The fraction of sp³-hybridized carbons (Fsp3) is 0.692. The second-order valence-corrected chi connectivity index (χ2v) is 5.39. The Balaban J connectivity index is 2.39. The van der Waals surface area contributed by atoms with Gasteiger partial charge in [-0.3, -0.25) is 9.36 Å². The largest absolute Gasteiger partial charge is 0.330 e. The molecule has 1 aromatic rings. The van der Waals surface area contributed by atoms with Gasteiger partial charge in [0.05, 0.1) is 6.33 Å². The molecule has 96 valence electrons. The first-order valence-corrected chi connectivity index (χ1v) is 6.18. The molecule has 4 heteroatoms. The van der Waals surface area contributed by atoms with Crippen LogP contribution in [0.2, 0.25) is 0 Å². The van der Waals surface area contributed by atoms with Crippen molar-refractivity contribution in [3.8, 4) is 0 Å². The normalized spacial score (nSPS) is 11.8. The summed E-state index contributed by atoms with van der Waals surface area (Å²) in [6.07, 6.45) is 4.81. The summed E-state index contributed by atoms with van der Waals surface area (Å²) < 4.78 is 1.67. The van der Waals surface area contributed by atoms with Gasteiger partial charge in [0.15, 0.2) is 0 Å². The van der Waals surface area contributed by atoms with Crippen molar-refractivity contribution < 1.29 is 0 Å². The van der Waals surface area contributed by atoms with Crippen molar-refractivity contribution in [2.45, 2.75) is 46.6 Å². The molecule has 4 nitrogen and oxygen atoms in total. The minimum Gasteiger partial charge on any atom is -0.330 e. The lowest BCUT2D eigenvalue weighted by Crippen LogP contribution is -2.24. The number of hydrogen-bond acceptors (Lipinski definition) is 3. The molecule has 0 atom stereocenters. The van der Waals surface area contributed by atoms with Crippen LogP contribution in [0.25, 0.3) is 0 Å². The Morgan fingerprint density at radius 3 is 2.71 bits per heavy atom. The molecule has 0 radical (unpaired) electrons. The topological polar surface area (TPSA) is 60.9 Å². The minimum absolute atomic E-state index is 0.0376. The van der Waals surface area contributed by atoms with Crippen LogP contribution in [-0.4, -0.2) is 16.1 Å². The first-order chi connectivity index (χ1) is 7.94. The maximum absolute atomic E-state index is 11.6. The quantitative estimate of drug-likeness (QED) is 0.766. The van der Waals surface area contributed by atoms with Crippen LogP contribution in [0.3, 0.4) is 0 Å². The van der Waals surface area contributed by atoms with Crippen LogP contribution in [-0.2, 0) is 6.54 Å². The molecule has 0 bridgehead atoms. The monoisotopic (exact) mass is 237 g/mol. The lowest BCUT2D eigenvalue weighted by molar-refractivity contribution is 0.328. The zero-order valence-electron chi connectivity index (χ0n) is 11.1. The van der Waals surface area contributed by atoms with Gasteiger partial charge in [-0.2, -0.15) is 0 Å². The van der Waals surface area contributed by atoms with Gasteiger partial charge in [-0.1, -0.05) is 20.3 Å². The lowest BCUT2D eigenvalue weighted by Gasteiger charge is -2.21. The van der Waals surface area contributed by atoms with Crippen LogP contribution in [0.4, 0.5) is 0 Å². The van der Waals surface area contributed by atoms with E-state index in [0.29, 0.717) is 6.54 Å². The molecule has 0 aliphatic heterocycles. The van der Waals surface area contributed by atoms with Crippen molar-refractivity contribution in [1.29, 1.82) is 0 Å². The van der Waals surface area contributed by atoms with E-state index in [4.69, 9.17) is 5.73 Å². The summed E-state index contributed by atoms with van der Waals surface area (Å²) in [6.45, 7) is 7.63. The summed E-state index contributed by atoms with van der Waals surface area (Å²) >= 11 is 0. The summed E-state index contributed by atoms with van der Waals surface area (Å²) in [7, 11) is 0. The molecular weight excluding hydrogens is 214 g/mol. The highest BCUT2D eigenvalue weighted by Gasteiger charge is 2.14. The average molecular weight is 237 g/mol. The van der Waals surface area contributed by atoms with E-state index in [1.807, 2.05) is 6.92 Å². The molecule has 0 saturated carbocycles. The zero-order chi connectivity index (χ0) is 12.9. The summed E-state index contributed by atoms with van der Waals surface area (Å²) in [5.41, 5.74) is 6.69. The number of hydrogen-bond donors (Lipinski definition) is 1. The highest BCUT2D eigenvalue weighted by atomic mass is 16.1. The number of aryl methyl sites for hydroxylation is 2. The van der Waals surface area contributed by atoms with E-state index in [1.165, 1.54) is 0 Å². The second-order valence-electron chi connectivity index (χ2n) is 5.39.